The van der Waals surface area contributed by atoms with E-state index in [1.165, 1.54) is 0 Å². The molecule has 0 saturated carbocycles. The van der Waals surface area contributed by atoms with E-state index in [2.05, 4.69) is 38.4 Å². The van der Waals surface area contributed by atoms with Crippen LogP contribution in [-0.2, 0) is 17.8 Å². The number of rotatable bonds is 8. The molecule has 0 radical (unpaired) electrons. The second-order valence-corrected chi connectivity index (χ2v) is 5.41. The minimum Gasteiger partial charge on any atom is -0.325 e. The molecule has 0 spiro atoms. The van der Waals surface area contributed by atoms with Crippen LogP contribution in [0.5, 0.6) is 0 Å². The van der Waals surface area contributed by atoms with Crippen LogP contribution in [0.15, 0.2) is 30.6 Å². The summed E-state index contributed by atoms with van der Waals surface area (Å²) >= 11 is 0. The molecule has 0 fully saturated rings. The molecule has 0 aliphatic heterocycles. The fourth-order valence-corrected chi connectivity index (χ4v) is 2.20. The van der Waals surface area contributed by atoms with Gasteiger partial charge >= 0.3 is 0 Å². The van der Waals surface area contributed by atoms with Crippen molar-refractivity contribution in [3.05, 3.63) is 42.0 Å². The third-order valence-electron chi connectivity index (χ3n) is 3.30. The summed E-state index contributed by atoms with van der Waals surface area (Å²) in [4.78, 5) is 17.9. The monoisotopic (exact) mass is 301 g/mol. The number of aryl methyl sites for hydroxylation is 1. The number of H-pyrrole nitrogens is 1. The molecular formula is C16H23N5O. The van der Waals surface area contributed by atoms with Gasteiger partial charge in [-0.25, -0.2) is 0 Å². The number of hydrogen-bond acceptors (Lipinski definition) is 4. The first kappa shape index (κ1) is 16.2. The van der Waals surface area contributed by atoms with Crippen molar-refractivity contribution in [3.63, 3.8) is 0 Å². The normalized spacial score (nSPS) is 10.9. The Balaban J connectivity index is 1.72. The van der Waals surface area contributed by atoms with Crippen LogP contribution in [0.1, 0.15) is 31.2 Å². The molecule has 2 aromatic heterocycles. The lowest BCUT2D eigenvalue weighted by Crippen LogP contribution is -2.24. The Morgan fingerprint density at radius 2 is 2.32 bits per heavy atom. The Morgan fingerprint density at radius 3 is 3.05 bits per heavy atom. The van der Waals surface area contributed by atoms with Crippen molar-refractivity contribution in [2.75, 3.05) is 18.9 Å². The Hall–Kier alpha value is -2.21. The van der Waals surface area contributed by atoms with Gasteiger partial charge in [-0.1, -0.05) is 13.3 Å². The maximum absolute atomic E-state index is 11.9. The predicted molar refractivity (Wildman–Crippen MR) is 86.4 cm³/mol. The summed E-state index contributed by atoms with van der Waals surface area (Å²) in [5.74, 6) is -0.00358. The molecule has 0 unspecified atom stereocenters. The first-order valence-electron chi connectivity index (χ1n) is 7.59. The van der Waals surface area contributed by atoms with Crippen molar-refractivity contribution >= 4 is 11.6 Å². The van der Waals surface area contributed by atoms with Crippen molar-refractivity contribution in [1.29, 1.82) is 0 Å². The third-order valence-corrected chi connectivity index (χ3v) is 3.30. The van der Waals surface area contributed by atoms with Gasteiger partial charge in [-0.3, -0.25) is 14.9 Å². The van der Waals surface area contributed by atoms with Crippen molar-refractivity contribution in [1.82, 2.24) is 20.1 Å². The second-order valence-electron chi connectivity index (χ2n) is 5.41. The number of nitrogens with zero attached hydrogens (tertiary/aromatic N) is 3. The predicted octanol–water partition coefficient (Wildman–Crippen LogP) is 2.22. The van der Waals surface area contributed by atoms with Crippen LogP contribution in [0.4, 0.5) is 5.69 Å². The van der Waals surface area contributed by atoms with Crippen LogP contribution < -0.4 is 5.32 Å². The molecule has 0 atom stereocenters. The number of carbonyl (C=O) groups excluding carboxylic acids is 1. The number of anilines is 1. The van der Waals surface area contributed by atoms with E-state index in [0.717, 1.165) is 36.5 Å². The maximum Gasteiger partial charge on any atom is 0.225 e. The largest absolute Gasteiger partial charge is 0.325 e. The average Bonchev–Trinajstić information content (AvgIpc) is 2.94. The third kappa shape index (κ3) is 5.29. The lowest BCUT2D eigenvalue weighted by molar-refractivity contribution is -0.116. The Morgan fingerprint density at radius 1 is 1.45 bits per heavy atom. The summed E-state index contributed by atoms with van der Waals surface area (Å²) in [5.41, 5.74) is 2.91. The molecule has 22 heavy (non-hydrogen) atoms. The van der Waals surface area contributed by atoms with E-state index in [9.17, 15) is 4.79 Å². The number of aromatic amines is 1. The van der Waals surface area contributed by atoms with Crippen LogP contribution in [-0.4, -0.2) is 39.6 Å². The van der Waals surface area contributed by atoms with Crippen LogP contribution in [0.3, 0.4) is 0 Å². The number of carbonyl (C=O) groups is 1. The van der Waals surface area contributed by atoms with Gasteiger partial charge in [0.1, 0.15) is 0 Å². The summed E-state index contributed by atoms with van der Waals surface area (Å²) in [5, 5.41) is 10.2. The van der Waals surface area contributed by atoms with E-state index < -0.39 is 0 Å². The second kappa shape index (κ2) is 8.29. The standard InChI is InChI=1S/C16H23N5O/c1-3-5-13-10-15(20-19-13)12-21(2)9-7-16(22)18-14-6-4-8-17-11-14/h4,6,8,10-11H,3,5,7,9,12H2,1-2H3,(H,18,22)(H,19,20). The molecule has 0 aliphatic rings. The van der Waals surface area contributed by atoms with Crippen LogP contribution in [0.2, 0.25) is 0 Å². The number of aromatic nitrogens is 3. The quantitative estimate of drug-likeness (QED) is 0.784. The molecule has 2 N–H and O–H groups in total. The lowest BCUT2D eigenvalue weighted by Gasteiger charge is -2.15. The minimum atomic E-state index is -0.00358. The van der Waals surface area contributed by atoms with Gasteiger partial charge in [-0.05, 0) is 31.7 Å². The molecular weight excluding hydrogens is 278 g/mol. The van der Waals surface area contributed by atoms with E-state index in [0.29, 0.717) is 13.0 Å². The van der Waals surface area contributed by atoms with Gasteiger partial charge < -0.3 is 10.2 Å². The zero-order valence-electron chi connectivity index (χ0n) is 13.2. The van der Waals surface area contributed by atoms with Gasteiger partial charge in [-0.2, -0.15) is 5.10 Å². The molecule has 0 bridgehead atoms. The maximum atomic E-state index is 11.9. The molecule has 1 amide bonds. The van der Waals surface area contributed by atoms with Gasteiger partial charge in [0.2, 0.25) is 5.91 Å². The Bertz CT molecular complexity index is 581. The molecule has 6 heteroatoms. The lowest BCUT2D eigenvalue weighted by atomic mass is 10.2. The molecule has 2 aromatic rings. The van der Waals surface area contributed by atoms with Gasteiger partial charge in [0, 0.05) is 31.4 Å². The fourth-order valence-electron chi connectivity index (χ4n) is 2.20. The highest BCUT2D eigenvalue weighted by Crippen LogP contribution is 2.06. The van der Waals surface area contributed by atoms with Crippen molar-refractivity contribution in [3.8, 4) is 0 Å². The first-order valence-corrected chi connectivity index (χ1v) is 7.59. The van der Waals surface area contributed by atoms with E-state index in [4.69, 9.17) is 0 Å². The zero-order chi connectivity index (χ0) is 15.8. The van der Waals surface area contributed by atoms with Crippen LogP contribution in [0.25, 0.3) is 0 Å². The zero-order valence-corrected chi connectivity index (χ0v) is 13.2. The van der Waals surface area contributed by atoms with Gasteiger partial charge in [0.25, 0.3) is 0 Å². The van der Waals surface area contributed by atoms with Crippen molar-refractivity contribution in [2.45, 2.75) is 32.7 Å². The highest BCUT2D eigenvalue weighted by atomic mass is 16.1. The number of pyridine rings is 1. The number of hydrogen-bond donors (Lipinski definition) is 2. The topological polar surface area (TPSA) is 73.9 Å². The van der Waals surface area contributed by atoms with E-state index in [-0.39, 0.29) is 5.91 Å². The summed E-state index contributed by atoms with van der Waals surface area (Å²) in [6.45, 7) is 3.59. The summed E-state index contributed by atoms with van der Waals surface area (Å²) in [6.07, 6.45) is 5.85. The smallest absolute Gasteiger partial charge is 0.225 e. The summed E-state index contributed by atoms with van der Waals surface area (Å²) in [6, 6.07) is 5.72. The SMILES string of the molecule is CCCc1cc(CN(C)CCC(=O)Nc2cccnc2)[nH]n1. The molecule has 0 aromatic carbocycles. The molecule has 6 nitrogen and oxygen atoms in total. The molecule has 2 rings (SSSR count). The Kier molecular flexibility index (Phi) is 6.09. The van der Waals surface area contributed by atoms with E-state index in [1.807, 2.05) is 13.1 Å². The molecule has 0 aliphatic carbocycles. The highest BCUT2D eigenvalue weighted by Gasteiger charge is 2.07. The molecule has 118 valence electrons. The molecule has 2 heterocycles. The fraction of sp³-hybridized carbons (Fsp3) is 0.438. The van der Waals surface area contributed by atoms with E-state index in [1.54, 1.807) is 18.5 Å². The van der Waals surface area contributed by atoms with Gasteiger partial charge in [-0.15, -0.1) is 0 Å². The number of nitrogens with one attached hydrogen (secondary N) is 2. The van der Waals surface area contributed by atoms with Crippen molar-refractivity contribution < 1.29 is 4.79 Å². The first-order chi connectivity index (χ1) is 10.7. The highest BCUT2D eigenvalue weighted by molar-refractivity contribution is 5.90. The molecule has 0 saturated heterocycles. The van der Waals surface area contributed by atoms with E-state index >= 15 is 0 Å². The van der Waals surface area contributed by atoms with Crippen molar-refractivity contribution in [2.24, 2.45) is 0 Å². The van der Waals surface area contributed by atoms with Gasteiger partial charge in [0.05, 0.1) is 17.6 Å². The van der Waals surface area contributed by atoms with Crippen LogP contribution in [0, 0.1) is 0 Å². The number of amides is 1. The summed E-state index contributed by atoms with van der Waals surface area (Å²) in [7, 11) is 2.00. The average molecular weight is 301 g/mol. The van der Waals surface area contributed by atoms with Gasteiger partial charge in [0.15, 0.2) is 0 Å². The Labute approximate surface area is 130 Å². The minimum absolute atomic E-state index is 0.00358. The summed E-state index contributed by atoms with van der Waals surface area (Å²) < 4.78 is 0. The van der Waals surface area contributed by atoms with Crippen LogP contribution >= 0.6 is 0 Å².